The summed E-state index contributed by atoms with van der Waals surface area (Å²) in [6, 6.07) is 14.1. The fourth-order valence-corrected chi connectivity index (χ4v) is 4.15. The zero-order valence-electron chi connectivity index (χ0n) is 20.6. The van der Waals surface area contributed by atoms with Gasteiger partial charge in [-0.25, -0.2) is 4.79 Å². The number of hydrogen-bond donors (Lipinski definition) is 6. The lowest BCUT2D eigenvalue weighted by Gasteiger charge is -2.25. The zero-order chi connectivity index (χ0) is 27.2. The predicted molar refractivity (Wildman–Crippen MR) is 149 cm³/mol. The van der Waals surface area contributed by atoms with Gasteiger partial charge in [0.25, 0.3) is 0 Å². The molecule has 0 radical (unpaired) electrons. The van der Waals surface area contributed by atoms with E-state index in [1.807, 2.05) is 66.9 Å². The molecule has 4 atom stereocenters. The Morgan fingerprint density at radius 3 is 1.65 bits per heavy atom. The van der Waals surface area contributed by atoms with Crippen LogP contribution in [0.1, 0.15) is 17.5 Å². The van der Waals surface area contributed by atoms with E-state index >= 15 is 0 Å². The van der Waals surface area contributed by atoms with Gasteiger partial charge in [-0.3, -0.25) is 14.4 Å². The summed E-state index contributed by atoms with van der Waals surface area (Å²) < 4.78 is 0. The van der Waals surface area contributed by atoms with Crippen LogP contribution in [0.4, 0.5) is 0 Å². The second kappa shape index (κ2) is 16.0. The molecule has 6 N–H and O–H groups in total. The highest BCUT2D eigenvalue weighted by Crippen LogP contribution is 2.09. The van der Waals surface area contributed by atoms with Gasteiger partial charge in [0.1, 0.15) is 18.1 Å². The molecule has 0 aromatic heterocycles. The maximum Gasteiger partial charge on any atom is 0.326 e. The maximum atomic E-state index is 13.4. The highest BCUT2D eigenvalue weighted by Gasteiger charge is 2.30. The summed E-state index contributed by atoms with van der Waals surface area (Å²) in [7, 11) is 0. The Morgan fingerprint density at radius 1 is 0.811 bits per heavy atom. The largest absolute Gasteiger partial charge is 0.480 e. The van der Waals surface area contributed by atoms with Gasteiger partial charge in [0.05, 0.1) is 6.04 Å². The van der Waals surface area contributed by atoms with Crippen molar-refractivity contribution < 1.29 is 24.3 Å². The summed E-state index contributed by atoms with van der Waals surface area (Å²) in [5, 5.41) is 17.5. The van der Waals surface area contributed by atoms with E-state index in [9.17, 15) is 24.3 Å². The van der Waals surface area contributed by atoms with E-state index in [1.165, 1.54) is 11.8 Å². The molecular formula is C26H34N4O5S2. The van der Waals surface area contributed by atoms with E-state index in [0.717, 1.165) is 11.1 Å². The van der Waals surface area contributed by atoms with Crippen LogP contribution in [-0.4, -0.2) is 70.7 Å². The van der Waals surface area contributed by atoms with Gasteiger partial charge in [0.15, 0.2) is 0 Å². The summed E-state index contributed by atoms with van der Waals surface area (Å²) in [6.07, 6.45) is 2.39. The average Bonchev–Trinajstić information content (AvgIpc) is 2.90. The van der Waals surface area contributed by atoms with Gasteiger partial charge < -0.3 is 26.8 Å². The first-order valence-electron chi connectivity index (χ1n) is 11.8. The molecule has 3 amide bonds. The van der Waals surface area contributed by atoms with Crippen molar-refractivity contribution in [3.63, 3.8) is 0 Å². The van der Waals surface area contributed by atoms with Crippen LogP contribution in [0.5, 0.6) is 0 Å². The molecule has 200 valence electrons. The van der Waals surface area contributed by atoms with Crippen molar-refractivity contribution in [2.75, 3.05) is 17.8 Å². The number of thiol groups is 1. The Labute approximate surface area is 226 Å². The number of carbonyl (C=O) groups is 4. The minimum Gasteiger partial charge on any atom is -0.480 e. The van der Waals surface area contributed by atoms with Gasteiger partial charge in [0.2, 0.25) is 17.7 Å². The van der Waals surface area contributed by atoms with E-state index < -0.39 is 47.9 Å². The van der Waals surface area contributed by atoms with Crippen LogP contribution in [0.25, 0.3) is 0 Å². The Kier molecular flexibility index (Phi) is 13.0. The lowest BCUT2D eigenvalue weighted by Crippen LogP contribution is -2.58. The quantitative estimate of drug-likeness (QED) is 0.183. The molecule has 9 nitrogen and oxygen atoms in total. The highest BCUT2D eigenvalue weighted by molar-refractivity contribution is 7.98. The fourth-order valence-electron chi connectivity index (χ4n) is 3.52. The Bertz CT molecular complexity index is 1030. The molecule has 11 heteroatoms. The van der Waals surface area contributed by atoms with Gasteiger partial charge in [-0.15, -0.1) is 0 Å². The Balaban J connectivity index is 2.27. The summed E-state index contributed by atoms with van der Waals surface area (Å²) in [4.78, 5) is 50.8. The molecule has 2 aromatic rings. The van der Waals surface area contributed by atoms with E-state index in [0.29, 0.717) is 5.75 Å². The second-order valence-corrected chi connectivity index (χ2v) is 9.82. The summed E-state index contributed by atoms with van der Waals surface area (Å²) in [6.45, 7) is 0. The van der Waals surface area contributed by atoms with Crippen molar-refractivity contribution in [1.29, 1.82) is 0 Å². The molecule has 0 aliphatic rings. The Hall–Kier alpha value is -3.02. The van der Waals surface area contributed by atoms with Crippen LogP contribution in [0, 0.1) is 0 Å². The minimum absolute atomic E-state index is 0.0944. The monoisotopic (exact) mass is 546 g/mol. The number of nitrogens with one attached hydrogen (secondary N) is 3. The average molecular weight is 547 g/mol. The molecular weight excluding hydrogens is 512 g/mol. The Morgan fingerprint density at radius 2 is 1.24 bits per heavy atom. The third-order valence-corrected chi connectivity index (χ3v) is 6.63. The molecule has 4 unspecified atom stereocenters. The van der Waals surface area contributed by atoms with E-state index in [1.54, 1.807) is 0 Å². The number of benzene rings is 2. The van der Waals surface area contributed by atoms with E-state index in [4.69, 9.17) is 5.73 Å². The third kappa shape index (κ3) is 10.5. The molecule has 0 bridgehead atoms. The van der Waals surface area contributed by atoms with Crippen molar-refractivity contribution >= 4 is 48.1 Å². The zero-order valence-corrected chi connectivity index (χ0v) is 22.3. The van der Waals surface area contributed by atoms with Crippen molar-refractivity contribution in [3.05, 3.63) is 71.8 Å². The van der Waals surface area contributed by atoms with Crippen LogP contribution in [-0.2, 0) is 32.0 Å². The van der Waals surface area contributed by atoms with Crippen LogP contribution < -0.4 is 21.7 Å². The molecule has 0 saturated carbocycles. The van der Waals surface area contributed by atoms with E-state index in [2.05, 4.69) is 28.6 Å². The van der Waals surface area contributed by atoms with Crippen molar-refractivity contribution in [1.82, 2.24) is 16.0 Å². The van der Waals surface area contributed by atoms with Crippen LogP contribution in [0.3, 0.4) is 0 Å². The van der Waals surface area contributed by atoms with Crippen molar-refractivity contribution in [3.8, 4) is 0 Å². The smallest absolute Gasteiger partial charge is 0.326 e. The number of carbonyl (C=O) groups excluding carboxylic acids is 3. The number of thioether (sulfide) groups is 1. The molecule has 2 aromatic carbocycles. The molecule has 0 fully saturated rings. The second-order valence-electron chi connectivity index (χ2n) is 8.47. The topological polar surface area (TPSA) is 151 Å². The summed E-state index contributed by atoms with van der Waals surface area (Å²) in [5.41, 5.74) is 7.37. The van der Waals surface area contributed by atoms with Crippen LogP contribution in [0.2, 0.25) is 0 Å². The normalized spacial score (nSPS) is 14.0. The molecule has 37 heavy (non-hydrogen) atoms. The number of aliphatic carboxylic acids is 1. The third-order valence-electron chi connectivity index (χ3n) is 5.59. The first-order valence-corrected chi connectivity index (χ1v) is 13.8. The number of nitrogens with two attached hydrogens (primary N) is 1. The standard InChI is InChI=1S/C26H34N4O5S2/c1-37-13-12-20(26(34)35)28-24(32)22(15-18-10-6-3-7-11-18)30-25(33)21(29-23(31)19(27)16-36)14-17-8-4-2-5-9-17/h2-11,19-22,36H,12-16,27H2,1H3,(H,28,32)(H,29,31)(H,30,33)(H,34,35). The first-order chi connectivity index (χ1) is 17.7. The molecule has 0 spiro atoms. The number of carboxylic acids is 1. The molecule has 2 rings (SSSR count). The van der Waals surface area contributed by atoms with E-state index in [-0.39, 0.29) is 25.0 Å². The lowest BCUT2D eigenvalue weighted by atomic mass is 10.0. The highest BCUT2D eigenvalue weighted by atomic mass is 32.2. The number of carboxylic acid groups (broad SMARTS) is 1. The van der Waals surface area contributed by atoms with Crippen LogP contribution >= 0.6 is 24.4 Å². The molecule has 0 aliphatic heterocycles. The van der Waals surface area contributed by atoms with Gasteiger partial charge in [-0.2, -0.15) is 24.4 Å². The van der Waals surface area contributed by atoms with Crippen LogP contribution in [0.15, 0.2) is 60.7 Å². The fraction of sp³-hybridized carbons (Fsp3) is 0.385. The lowest BCUT2D eigenvalue weighted by molar-refractivity contribution is -0.142. The number of rotatable bonds is 15. The predicted octanol–water partition coefficient (Wildman–Crippen LogP) is 1.02. The first kappa shape index (κ1) is 30.2. The van der Waals surface area contributed by atoms with Gasteiger partial charge in [-0.05, 0) is 29.6 Å². The molecule has 0 saturated heterocycles. The maximum absolute atomic E-state index is 13.4. The molecule has 0 heterocycles. The summed E-state index contributed by atoms with van der Waals surface area (Å²) in [5.74, 6) is -2.26. The number of hydrogen-bond acceptors (Lipinski definition) is 7. The SMILES string of the molecule is CSCCC(NC(=O)C(Cc1ccccc1)NC(=O)C(Cc1ccccc1)NC(=O)C(N)CS)C(=O)O. The van der Waals surface area contributed by atoms with Gasteiger partial charge >= 0.3 is 5.97 Å². The van der Waals surface area contributed by atoms with Crippen molar-refractivity contribution in [2.45, 2.75) is 43.4 Å². The molecule has 0 aliphatic carbocycles. The number of amides is 3. The van der Waals surface area contributed by atoms with Gasteiger partial charge in [-0.1, -0.05) is 60.7 Å². The summed E-state index contributed by atoms with van der Waals surface area (Å²) >= 11 is 5.52. The van der Waals surface area contributed by atoms with Crippen molar-refractivity contribution in [2.24, 2.45) is 5.73 Å². The minimum atomic E-state index is -1.15. The van der Waals surface area contributed by atoms with Gasteiger partial charge in [0, 0.05) is 18.6 Å².